The zero-order valence-corrected chi connectivity index (χ0v) is 9.24. The minimum atomic E-state index is 0.645. The molecule has 1 aliphatic heterocycles. The van der Waals surface area contributed by atoms with Crippen LogP contribution in [0.5, 0.6) is 0 Å². The molecule has 5 atom stereocenters. The molecule has 0 spiro atoms. The Kier molecular flexibility index (Phi) is 2.31. The van der Waals surface area contributed by atoms with Gasteiger partial charge >= 0.3 is 0 Å². The van der Waals surface area contributed by atoms with Crippen LogP contribution in [-0.4, -0.2) is 12.2 Å². The van der Waals surface area contributed by atoms with Crippen LogP contribution < -0.4 is 0 Å². The first-order valence-corrected chi connectivity index (χ1v) is 6.50. The van der Waals surface area contributed by atoms with Gasteiger partial charge in [-0.3, -0.25) is 0 Å². The van der Waals surface area contributed by atoms with Gasteiger partial charge in [-0.2, -0.15) is 0 Å². The lowest BCUT2D eigenvalue weighted by Crippen LogP contribution is -2.29. The van der Waals surface area contributed by atoms with Crippen molar-refractivity contribution in [2.75, 3.05) is 0 Å². The van der Waals surface area contributed by atoms with Gasteiger partial charge in [0.15, 0.2) is 0 Å². The van der Waals surface area contributed by atoms with E-state index in [2.05, 4.69) is 6.92 Å². The smallest absolute Gasteiger partial charge is 0.0613 e. The predicted molar refractivity (Wildman–Crippen MR) is 57.1 cm³/mol. The molecular formula is C13H22O. The van der Waals surface area contributed by atoms with E-state index >= 15 is 0 Å². The van der Waals surface area contributed by atoms with Crippen molar-refractivity contribution >= 4 is 0 Å². The highest BCUT2D eigenvalue weighted by Gasteiger charge is 2.46. The lowest BCUT2D eigenvalue weighted by molar-refractivity contribution is -0.00242. The number of hydrogen-bond donors (Lipinski definition) is 0. The maximum Gasteiger partial charge on any atom is 0.0613 e. The first kappa shape index (κ1) is 9.21. The summed E-state index contributed by atoms with van der Waals surface area (Å²) in [5, 5.41) is 0. The zero-order valence-electron chi connectivity index (χ0n) is 9.24. The van der Waals surface area contributed by atoms with Crippen molar-refractivity contribution in [2.24, 2.45) is 17.8 Å². The third-order valence-corrected chi connectivity index (χ3v) is 4.76. The second-order valence-corrected chi connectivity index (χ2v) is 5.74. The third kappa shape index (κ3) is 1.41. The minimum Gasteiger partial charge on any atom is -0.374 e. The second kappa shape index (κ2) is 3.52. The number of ether oxygens (including phenoxy) is 1. The first-order chi connectivity index (χ1) is 6.84. The molecule has 2 aliphatic carbocycles. The van der Waals surface area contributed by atoms with Crippen LogP contribution in [0.3, 0.4) is 0 Å². The summed E-state index contributed by atoms with van der Waals surface area (Å²) in [6.07, 6.45) is 11.2. The topological polar surface area (TPSA) is 9.23 Å². The summed E-state index contributed by atoms with van der Waals surface area (Å²) in [7, 11) is 0. The predicted octanol–water partition coefficient (Wildman–Crippen LogP) is 3.38. The quantitative estimate of drug-likeness (QED) is 0.574. The van der Waals surface area contributed by atoms with Gasteiger partial charge in [0.1, 0.15) is 0 Å². The van der Waals surface area contributed by atoms with Crippen molar-refractivity contribution < 1.29 is 4.74 Å². The molecule has 3 fully saturated rings. The molecule has 1 nitrogen and oxygen atoms in total. The Bertz CT molecular complexity index is 213. The lowest BCUT2D eigenvalue weighted by Gasteiger charge is -2.32. The molecule has 5 unspecified atom stereocenters. The van der Waals surface area contributed by atoms with Crippen LogP contribution in [0.1, 0.15) is 51.9 Å². The fourth-order valence-electron chi connectivity index (χ4n) is 4.01. The van der Waals surface area contributed by atoms with Crippen LogP contribution in [0.2, 0.25) is 0 Å². The van der Waals surface area contributed by atoms with E-state index in [1.807, 2.05) is 0 Å². The Morgan fingerprint density at radius 1 is 0.857 bits per heavy atom. The van der Waals surface area contributed by atoms with E-state index in [4.69, 9.17) is 4.74 Å². The summed E-state index contributed by atoms with van der Waals surface area (Å²) in [5.74, 6) is 2.80. The van der Waals surface area contributed by atoms with Gasteiger partial charge in [0.2, 0.25) is 0 Å². The fourth-order valence-corrected chi connectivity index (χ4v) is 4.01. The number of hydrogen-bond acceptors (Lipinski definition) is 1. The van der Waals surface area contributed by atoms with Gasteiger partial charge in [0.05, 0.1) is 12.2 Å². The van der Waals surface area contributed by atoms with E-state index in [0.717, 1.165) is 17.8 Å². The van der Waals surface area contributed by atoms with Gasteiger partial charge < -0.3 is 4.74 Å². The van der Waals surface area contributed by atoms with Gasteiger partial charge in [0, 0.05) is 0 Å². The standard InChI is InChI=1S/C13H22O/c1-9-6-7-11-10-4-2-3-5-12(10)14-13(11)8-9/h9-13H,2-8H2,1H3. The highest BCUT2D eigenvalue weighted by molar-refractivity contribution is 4.95. The second-order valence-electron chi connectivity index (χ2n) is 5.74. The summed E-state index contributed by atoms with van der Waals surface area (Å²) < 4.78 is 6.24. The van der Waals surface area contributed by atoms with Crippen LogP contribution in [0.4, 0.5) is 0 Å². The Labute approximate surface area is 87.2 Å². The van der Waals surface area contributed by atoms with E-state index in [1.54, 1.807) is 0 Å². The van der Waals surface area contributed by atoms with Crippen LogP contribution in [0, 0.1) is 17.8 Å². The lowest BCUT2D eigenvalue weighted by atomic mass is 9.71. The summed E-state index contributed by atoms with van der Waals surface area (Å²) in [4.78, 5) is 0. The molecule has 14 heavy (non-hydrogen) atoms. The largest absolute Gasteiger partial charge is 0.374 e. The van der Waals surface area contributed by atoms with Crippen LogP contribution >= 0.6 is 0 Å². The molecule has 0 bridgehead atoms. The highest BCUT2D eigenvalue weighted by atomic mass is 16.5. The molecule has 1 saturated heterocycles. The summed E-state index contributed by atoms with van der Waals surface area (Å²) >= 11 is 0. The van der Waals surface area contributed by atoms with Gasteiger partial charge in [-0.25, -0.2) is 0 Å². The zero-order chi connectivity index (χ0) is 9.54. The molecule has 0 aromatic carbocycles. The maximum absolute atomic E-state index is 6.24. The molecule has 1 heterocycles. The molecule has 1 heteroatoms. The molecule has 0 N–H and O–H groups in total. The Hall–Kier alpha value is -0.0400. The Morgan fingerprint density at radius 3 is 2.57 bits per heavy atom. The maximum atomic E-state index is 6.24. The molecule has 2 saturated carbocycles. The van der Waals surface area contributed by atoms with E-state index in [9.17, 15) is 0 Å². The van der Waals surface area contributed by atoms with E-state index in [-0.39, 0.29) is 0 Å². The molecule has 0 aromatic heterocycles. The van der Waals surface area contributed by atoms with E-state index in [0.29, 0.717) is 12.2 Å². The molecular weight excluding hydrogens is 172 g/mol. The molecule has 80 valence electrons. The molecule has 0 aromatic rings. The SMILES string of the molecule is CC1CCC2C(C1)OC1CCCCC12. The van der Waals surface area contributed by atoms with Crippen molar-refractivity contribution in [2.45, 2.75) is 64.1 Å². The molecule has 3 rings (SSSR count). The van der Waals surface area contributed by atoms with Crippen LogP contribution in [0.25, 0.3) is 0 Å². The van der Waals surface area contributed by atoms with E-state index in [1.165, 1.54) is 44.9 Å². The first-order valence-electron chi connectivity index (χ1n) is 6.50. The van der Waals surface area contributed by atoms with E-state index < -0.39 is 0 Å². The summed E-state index contributed by atoms with van der Waals surface area (Å²) in [5.41, 5.74) is 0. The summed E-state index contributed by atoms with van der Waals surface area (Å²) in [6, 6.07) is 0. The molecule has 0 radical (unpaired) electrons. The van der Waals surface area contributed by atoms with Crippen molar-refractivity contribution in [3.05, 3.63) is 0 Å². The highest BCUT2D eigenvalue weighted by Crippen LogP contribution is 2.48. The van der Waals surface area contributed by atoms with Crippen molar-refractivity contribution in [3.8, 4) is 0 Å². The van der Waals surface area contributed by atoms with Gasteiger partial charge in [-0.05, 0) is 43.4 Å². The normalized spacial score (nSPS) is 52.5. The minimum absolute atomic E-state index is 0.645. The number of rotatable bonds is 0. The average Bonchev–Trinajstić information content (AvgIpc) is 2.54. The van der Waals surface area contributed by atoms with Crippen molar-refractivity contribution in [1.82, 2.24) is 0 Å². The summed E-state index contributed by atoms with van der Waals surface area (Å²) in [6.45, 7) is 2.39. The monoisotopic (exact) mass is 194 g/mol. The van der Waals surface area contributed by atoms with Crippen molar-refractivity contribution in [1.29, 1.82) is 0 Å². The Morgan fingerprint density at radius 2 is 1.64 bits per heavy atom. The fraction of sp³-hybridized carbons (Fsp3) is 1.00. The van der Waals surface area contributed by atoms with Gasteiger partial charge in [0.25, 0.3) is 0 Å². The van der Waals surface area contributed by atoms with Crippen molar-refractivity contribution in [3.63, 3.8) is 0 Å². The Balaban J connectivity index is 1.74. The molecule has 3 aliphatic rings. The van der Waals surface area contributed by atoms with Crippen LogP contribution in [0.15, 0.2) is 0 Å². The van der Waals surface area contributed by atoms with Gasteiger partial charge in [-0.15, -0.1) is 0 Å². The third-order valence-electron chi connectivity index (χ3n) is 4.76. The molecule has 0 amide bonds. The average molecular weight is 194 g/mol. The van der Waals surface area contributed by atoms with Gasteiger partial charge in [-0.1, -0.05) is 26.2 Å². The van der Waals surface area contributed by atoms with Crippen LogP contribution in [-0.2, 0) is 4.74 Å². The number of fused-ring (bicyclic) bond motifs is 3.